The SMILES string of the molecule is COC(=O)CCCN(C)Cc1nc(N)nc(N)n1. The highest BCUT2D eigenvalue weighted by atomic mass is 16.5. The Kier molecular flexibility index (Phi) is 5.25. The zero-order valence-electron chi connectivity index (χ0n) is 10.6. The van der Waals surface area contributed by atoms with Gasteiger partial charge in [-0.05, 0) is 20.0 Å². The molecular formula is C10H18N6O2. The van der Waals surface area contributed by atoms with Gasteiger partial charge in [-0.25, -0.2) is 0 Å². The van der Waals surface area contributed by atoms with Crippen LogP contribution in [0.3, 0.4) is 0 Å². The van der Waals surface area contributed by atoms with Crippen LogP contribution in [-0.2, 0) is 16.1 Å². The minimum atomic E-state index is -0.211. The first-order valence-corrected chi connectivity index (χ1v) is 5.52. The van der Waals surface area contributed by atoms with E-state index in [4.69, 9.17) is 11.5 Å². The third-order valence-electron chi connectivity index (χ3n) is 2.28. The molecule has 8 heteroatoms. The van der Waals surface area contributed by atoms with E-state index >= 15 is 0 Å². The largest absolute Gasteiger partial charge is 0.469 e. The van der Waals surface area contributed by atoms with Crippen LogP contribution in [0.5, 0.6) is 0 Å². The summed E-state index contributed by atoms with van der Waals surface area (Å²) in [4.78, 5) is 24.5. The molecule has 100 valence electrons. The molecule has 1 aromatic heterocycles. The van der Waals surface area contributed by atoms with Crippen LogP contribution >= 0.6 is 0 Å². The van der Waals surface area contributed by atoms with Gasteiger partial charge < -0.3 is 16.2 Å². The van der Waals surface area contributed by atoms with Crippen molar-refractivity contribution in [2.45, 2.75) is 19.4 Å². The fourth-order valence-corrected chi connectivity index (χ4v) is 1.44. The summed E-state index contributed by atoms with van der Waals surface area (Å²) in [5, 5.41) is 0. The van der Waals surface area contributed by atoms with Gasteiger partial charge in [0.2, 0.25) is 11.9 Å². The van der Waals surface area contributed by atoms with Crippen LogP contribution in [0, 0.1) is 0 Å². The zero-order chi connectivity index (χ0) is 13.5. The highest BCUT2D eigenvalue weighted by molar-refractivity contribution is 5.69. The van der Waals surface area contributed by atoms with Crippen molar-refractivity contribution in [3.05, 3.63) is 5.82 Å². The van der Waals surface area contributed by atoms with Gasteiger partial charge in [-0.1, -0.05) is 0 Å². The number of esters is 1. The van der Waals surface area contributed by atoms with Crippen molar-refractivity contribution in [1.82, 2.24) is 19.9 Å². The summed E-state index contributed by atoms with van der Waals surface area (Å²) in [5.41, 5.74) is 10.9. The number of nitrogen functional groups attached to an aromatic ring is 2. The zero-order valence-corrected chi connectivity index (χ0v) is 10.6. The lowest BCUT2D eigenvalue weighted by molar-refractivity contribution is -0.140. The van der Waals surface area contributed by atoms with E-state index in [2.05, 4.69) is 19.7 Å². The molecule has 0 aliphatic heterocycles. The molecule has 0 atom stereocenters. The Morgan fingerprint density at radius 1 is 1.28 bits per heavy atom. The first-order valence-electron chi connectivity index (χ1n) is 5.52. The van der Waals surface area contributed by atoms with Gasteiger partial charge in [-0.3, -0.25) is 9.69 Å². The van der Waals surface area contributed by atoms with Gasteiger partial charge in [0.15, 0.2) is 0 Å². The highest BCUT2D eigenvalue weighted by Crippen LogP contribution is 2.03. The summed E-state index contributed by atoms with van der Waals surface area (Å²) in [6.45, 7) is 1.22. The molecule has 0 aromatic carbocycles. The molecule has 0 saturated heterocycles. The smallest absolute Gasteiger partial charge is 0.305 e. The molecule has 0 unspecified atom stereocenters. The number of nitrogens with zero attached hydrogens (tertiary/aromatic N) is 4. The van der Waals surface area contributed by atoms with E-state index in [1.54, 1.807) is 0 Å². The van der Waals surface area contributed by atoms with Crippen molar-refractivity contribution < 1.29 is 9.53 Å². The van der Waals surface area contributed by atoms with Crippen LogP contribution < -0.4 is 11.5 Å². The molecular weight excluding hydrogens is 236 g/mol. The van der Waals surface area contributed by atoms with Gasteiger partial charge in [-0.15, -0.1) is 0 Å². The van der Waals surface area contributed by atoms with Gasteiger partial charge in [0.1, 0.15) is 5.82 Å². The Morgan fingerprint density at radius 3 is 2.44 bits per heavy atom. The predicted molar refractivity (Wildman–Crippen MR) is 66.2 cm³/mol. The number of aromatic nitrogens is 3. The molecule has 0 aliphatic rings. The molecule has 0 amide bonds. The lowest BCUT2D eigenvalue weighted by Gasteiger charge is -2.15. The molecule has 1 rings (SSSR count). The molecule has 1 heterocycles. The average molecular weight is 254 g/mol. The Hall–Kier alpha value is -1.96. The Balaban J connectivity index is 2.39. The van der Waals surface area contributed by atoms with Crippen LogP contribution in [0.1, 0.15) is 18.7 Å². The van der Waals surface area contributed by atoms with Crippen molar-refractivity contribution in [1.29, 1.82) is 0 Å². The van der Waals surface area contributed by atoms with E-state index in [0.717, 1.165) is 6.54 Å². The lowest BCUT2D eigenvalue weighted by atomic mass is 10.3. The molecule has 0 saturated carbocycles. The lowest BCUT2D eigenvalue weighted by Crippen LogP contribution is -2.22. The number of carbonyl (C=O) groups is 1. The Morgan fingerprint density at radius 2 is 1.89 bits per heavy atom. The molecule has 1 aromatic rings. The summed E-state index contributed by atoms with van der Waals surface area (Å²) < 4.78 is 4.56. The number of ether oxygens (including phenoxy) is 1. The quantitative estimate of drug-likeness (QED) is 0.647. The second kappa shape index (κ2) is 6.70. The van der Waals surface area contributed by atoms with E-state index in [1.165, 1.54) is 7.11 Å². The second-order valence-electron chi connectivity index (χ2n) is 3.89. The number of hydrogen-bond acceptors (Lipinski definition) is 8. The van der Waals surface area contributed by atoms with Crippen molar-refractivity contribution in [3.8, 4) is 0 Å². The molecule has 8 nitrogen and oxygen atoms in total. The van der Waals surface area contributed by atoms with Gasteiger partial charge in [-0.2, -0.15) is 15.0 Å². The van der Waals surface area contributed by atoms with Crippen LogP contribution in [0.25, 0.3) is 0 Å². The van der Waals surface area contributed by atoms with Crippen molar-refractivity contribution >= 4 is 17.9 Å². The van der Waals surface area contributed by atoms with E-state index < -0.39 is 0 Å². The van der Waals surface area contributed by atoms with Crippen LogP contribution in [0.4, 0.5) is 11.9 Å². The topological polar surface area (TPSA) is 120 Å². The van der Waals surface area contributed by atoms with Crippen LogP contribution in [0.2, 0.25) is 0 Å². The Bertz CT molecular complexity index is 391. The number of rotatable bonds is 6. The molecule has 0 fully saturated rings. The molecule has 0 aliphatic carbocycles. The molecule has 0 bridgehead atoms. The van der Waals surface area contributed by atoms with Gasteiger partial charge in [0.05, 0.1) is 13.7 Å². The number of nitrogens with two attached hydrogens (primary N) is 2. The maximum atomic E-state index is 10.9. The first-order chi connectivity index (χ1) is 8.51. The number of anilines is 2. The maximum Gasteiger partial charge on any atom is 0.305 e. The predicted octanol–water partition coefficient (Wildman–Crippen LogP) is -0.579. The van der Waals surface area contributed by atoms with Crippen LogP contribution in [0.15, 0.2) is 0 Å². The third kappa shape index (κ3) is 4.91. The first kappa shape index (κ1) is 14.1. The molecule has 4 N–H and O–H groups in total. The van der Waals surface area contributed by atoms with Crippen LogP contribution in [-0.4, -0.2) is 46.5 Å². The fourth-order valence-electron chi connectivity index (χ4n) is 1.44. The number of hydrogen-bond donors (Lipinski definition) is 2. The fraction of sp³-hybridized carbons (Fsp3) is 0.600. The monoisotopic (exact) mass is 254 g/mol. The van der Waals surface area contributed by atoms with E-state index in [9.17, 15) is 4.79 Å². The average Bonchev–Trinajstić information content (AvgIpc) is 2.27. The summed E-state index contributed by atoms with van der Waals surface area (Å²) in [5.74, 6) is 0.526. The molecule has 0 spiro atoms. The number of methoxy groups -OCH3 is 1. The Labute approximate surface area is 105 Å². The summed E-state index contributed by atoms with van der Waals surface area (Å²) in [6, 6.07) is 0. The third-order valence-corrected chi connectivity index (χ3v) is 2.28. The summed E-state index contributed by atoms with van der Waals surface area (Å²) in [6.07, 6.45) is 1.10. The van der Waals surface area contributed by atoms with Gasteiger partial charge >= 0.3 is 5.97 Å². The summed E-state index contributed by atoms with van der Waals surface area (Å²) >= 11 is 0. The number of carbonyl (C=O) groups excluding carboxylic acids is 1. The minimum absolute atomic E-state index is 0.112. The van der Waals surface area contributed by atoms with Crippen molar-refractivity contribution in [3.63, 3.8) is 0 Å². The summed E-state index contributed by atoms with van der Waals surface area (Å²) in [7, 11) is 3.27. The molecule has 0 radical (unpaired) electrons. The normalized spacial score (nSPS) is 10.6. The molecule has 18 heavy (non-hydrogen) atoms. The van der Waals surface area contributed by atoms with Gasteiger partial charge in [0.25, 0.3) is 0 Å². The van der Waals surface area contributed by atoms with E-state index in [-0.39, 0.29) is 17.9 Å². The van der Waals surface area contributed by atoms with E-state index in [0.29, 0.717) is 25.2 Å². The maximum absolute atomic E-state index is 10.9. The standard InChI is InChI=1S/C10H18N6O2/c1-16(5-3-4-8(17)18-2)6-7-13-9(11)15-10(12)14-7/h3-6H2,1-2H3,(H4,11,12,13,14,15). The van der Waals surface area contributed by atoms with Gasteiger partial charge in [0, 0.05) is 6.42 Å². The van der Waals surface area contributed by atoms with Crippen molar-refractivity contribution in [2.24, 2.45) is 0 Å². The van der Waals surface area contributed by atoms with E-state index in [1.807, 2.05) is 11.9 Å². The highest BCUT2D eigenvalue weighted by Gasteiger charge is 2.07. The second-order valence-corrected chi connectivity index (χ2v) is 3.89. The van der Waals surface area contributed by atoms with Crippen molar-refractivity contribution in [2.75, 3.05) is 32.2 Å². The minimum Gasteiger partial charge on any atom is -0.469 e.